The van der Waals surface area contributed by atoms with Crippen LogP contribution in [-0.2, 0) is 23.6 Å². The average molecular weight is 133 g/mol. The third-order valence-corrected chi connectivity index (χ3v) is 0. The SMILES string of the molecule is O=[S](=O)(O)[Cr]. The van der Waals surface area contributed by atoms with Crippen LogP contribution in [0.5, 0.6) is 0 Å². The second-order valence-electron chi connectivity index (χ2n) is 0.428. The molecule has 3 nitrogen and oxygen atoms in total. The Hall–Kier alpha value is 0.442. The van der Waals surface area contributed by atoms with Gasteiger partial charge in [0.15, 0.2) is 0 Å². The third kappa shape index (κ3) is 135. The van der Waals surface area contributed by atoms with Crippen molar-refractivity contribution in [3.63, 3.8) is 0 Å². The van der Waals surface area contributed by atoms with E-state index in [9.17, 15) is 0 Å². The van der Waals surface area contributed by atoms with E-state index in [-0.39, 0.29) is 0 Å². The Morgan fingerprint density at radius 1 is 1.60 bits per heavy atom. The second-order valence-corrected chi connectivity index (χ2v) is 3.26. The first-order chi connectivity index (χ1) is 2.00. The van der Waals surface area contributed by atoms with Gasteiger partial charge in [-0.15, -0.1) is 0 Å². The first kappa shape index (κ1) is 5.44. The molecule has 0 aromatic carbocycles. The molecule has 5 heteroatoms. The summed E-state index contributed by atoms with van der Waals surface area (Å²) in [6, 6.07) is 0. The van der Waals surface area contributed by atoms with Crippen molar-refractivity contribution in [3.8, 4) is 0 Å². The van der Waals surface area contributed by atoms with Gasteiger partial charge in [-0.2, -0.15) is 0 Å². The molecule has 0 aliphatic carbocycles. The molecule has 0 amide bonds. The quantitative estimate of drug-likeness (QED) is 0.446. The van der Waals surface area contributed by atoms with Gasteiger partial charge in [-0.1, -0.05) is 0 Å². The topological polar surface area (TPSA) is 54.4 Å². The van der Waals surface area contributed by atoms with Gasteiger partial charge in [-0.05, 0) is 0 Å². The van der Waals surface area contributed by atoms with Gasteiger partial charge >= 0.3 is 36.6 Å². The Balaban J connectivity index is 4.06. The summed E-state index contributed by atoms with van der Waals surface area (Å²) in [6.45, 7) is 0. The normalized spacial score (nSPS) is 11.4. The summed E-state index contributed by atoms with van der Waals surface area (Å²) in [5.41, 5.74) is 0. The molecule has 0 unspecified atom stereocenters. The molecule has 31 valence electrons. The van der Waals surface area contributed by atoms with Crippen molar-refractivity contribution in [2.75, 3.05) is 0 Å². The van der Waals surface area contributed by atoms with Crippen LogP contribution in [0, 0.1) is 0 Å². The molecule has 0 saturated heterocycles. The van der Waals surface area contributed by atoms with Gasteiger partial charge in [0.05, 0.1) is 0 Å². The van der Waals surface area contributed by atoms with E-state index in [0.29, 0.717) is 0 Å². The summed E-state index contributed by atoms with van der Waals surface area (Å²) in [4.78, 5) is 0. The van der Waals surface area contributed by atoms with Gasteiger partial charge in [0.25, 0.3) is 0 Å². The van der Waals surface area contributed by atoms with Crippen molar-refractivity contribution >= 4 is 8.48 Å². The van der Waals surface area contributed by atoms with Crippen LogP contribution < -0.4 is 0 Å². The van der Waals surface area contributed by atoms with Crippen LogP contribution in [-0.4, -0.2) is 13.0 Å². The van der Waals surface area contributed by atoms with Crippen LogP contribution >= 0.6 is 0 Å². The minimum absolute atomic E-state index is 1.51. The number of rotatable bonds is 0. The van der Waals surface area contributed by atoms with Gasteiger partial charge < -0.3 is 0 Å². The molecule has 0 aliphatic heterocycles. The van der Waals surface area contributed by atoms with E-state index in [2.05, 4.69) is 0 Å². The predicted octanol–water partition coefficient (Wildman–Crippen LogP) is -0.664. The van der Waals surface area contributed by atoms with E-state index < -0.39 is 8.48 Å². The van der Waals surface area contributed by atoms with Crippen LogP contribution in [0.2, 0.25) is 0 Å². The maximum absolute atomic E-state index is 9.13. The van der Waals surface area contributed by atoms with E-state index in [1.54, 1.807) is 0 Å². The summed E-state index contributed by atoms with van der Waals surface area (Å²) >= 11 is 1.51. The standard InChI is InChI=1S/Cr.HO3S/c;1-4(2)3/h;(H,1,2,3). The summed E-state index contributed by atoms with van der Waals surface area (Å²) in [5.74, 6) is 0. The second kappa shape index (κ2) is 1.27. The molecule has 0 aliphatic rings. The fourth-order valence-electron chi connectivity index (χ4n) is 0. The van der Waals surface area contributed by atoms with E-state index >= 15 is 0 Å². The molecule has 0 rings (SSSR count). The van der Waals surface area contributed by atoms with Crippen molar-refractivity contribution in [3.05, 3.63) is 0 Å². The van der Waals surface area contributed by atoms with Crippen molar-refractivity contribution in [1.29, 1.82) is 0 Å². The molecule has 0 heterocycles. The zero-order valence-electron chi connectivity index (χ0n) is 2.08. The minimum atomic E-state index is -3.79. The van der Waals surface area contributed by atoms with Crippen molar-refractivity contribution in [1.82, 2.24) is 0 Å². The number of hydrogen-bond donors (Lipinski definition) is 1. The van der Waals surface area contributed by atoms with E-state index in [1.165, 1.54) is 15.2 Å². The third-order valence-electron chi connectivity index (χ3n) is 0. The Morgan fingerprint density at radius 3 is 1.60 bits per heavy atom. The average Bonchev–Trinajstić information content (AvgIpc) is 0.722. The summed E-state index contributed by atoms with van der Waals surface area (Å²) in [6.07, 6.45) is 0. The van der Waals surface area contributed by atoms with Crippen molar-refractivity contribution < 1.29 is 28.1 Å². The van der Waals surface area contributed by atoms with Crippen molar-refractivity contribution in [2.45, 2.75) is 0 Å². The fourth-order valence-corrected chi connectivity index (χ4v) is 0. The molecular weight excluding hydrogens is 132 g/mol. The molecule has 0 bridgehead atoms. The Bertz CT molecular complexity index is 90.1. The van der Waals surface area contributed by atoms with Gasteiger partial charge in [0.2, 0.25) is 0 Å². The first-order valence-electron chi connectivity index (χ1n) is 0.683. The van der Waals surface area contributed by atoms with Crippen LogP contribution in [0.25, 0.3) is 0 Å². The molecule has 0 saturated carbocycles. The molecule has 1 N–H and O–H groups in total. The molecule has 5 heavy (non-hydrogen) atoms. The maximum atomic E-state index is 9.13. The number of hydrogen-bond acceptors (Lipinski definition) is 2. The molecule has 0 fully saturated rings. The predicted molar refractivity (Wildman–Crippen MR) is 11.5 cm³/mol. The van der Waals surface area contributed by atoms with Crippen molar-refractivity contribution in [2.24, 2.45) is 0 Å². The summed E-state index contributed by atoms with van der Waals surface area (Å²) < 4.78 is 25.7. The fraction of sp³-hybridized carbons (Fsp3) is 0. The molecule has 0 aromatic heterocycles. The Kier molecular flexibility index (Phi) is 1.38. The molecule has 0 aromatic rings. The van der Waals surface area contributed by atoms with Crippen LogP contribution in [0.15, 0.2) is 0 Å². The molecule has 0 spiro atoms. The van der Waals surface area contributed by atoms with Gasteiger partial charge in [-0.25, -0.2) is 0 Å². The van der Waals surface area contributed by atoms with Crippen LogP contribution in [0.4, 0.5) is 0 Å². The van der Waals surface area contributed by atoms with E-state index in [1.807, 2.05) is 0 Å². The molecule has 0 atom stereocenters. The summed E-state index contributed by atoms with van der Waals surface area (Å²) in [5, 5.41) is 0. The summed E-state index contributed by atoms with van der Waals surface area (Å²) in [7, 11) is -3.79. The zero-order valence-corrected chi connectivity index (χ0v) is 4.17. The van der Waals surface area contributed by atoms with Gasteiger partial charge in [-0.3, -0.25) is 0 Å². The Morgan fingerprint density at radius 2 is 1.60 bits per heavy atom. The molecular formula is HCrO3S. The van der Waals surface area contributed by atoms with Crippen LogP contribution in [0.3, 0.4) is 0 Å². The van der Waals surface area contributed by atoms with Crippen LogP contribution in [0.1, 0.15) is 0 Å². The van der Waals surface area contributed by atoms with E-state index in [0.717, 1.165) is 0 Å². The molecule has 0 radical (unpaired) electrons. The first-order valence-corrected chi connectivity index (χ1v) is 3.61. The Labute approximate surface area is 37.2 Å². The van der Waals surface area contributed by atoms with E-state index in [4.69, 9.17) is 13.0 Å². The zero-order chi connectivity index (χ0) is 4.50. The monoisotopic (exact) mass is 133 g/mol. The van der Waals surface area contributed by atoms with Gasteiger partial charge in [0.1, 0.15) is 0 Å². The van der Waals surface area contributed by atoms with Gasteiger partial charge in [0, 0.05) is 0 Å².